The van der Waals surface area contributed by atoms with Crippen molar-refractivity contribution in [1.29, 1.82) is 0 Å². The van der Waals surface area contributed by atoms with E-state index in [4.69, 9.17) is 0 Å². The van der Waals surface area contributed by atoms with E-state index in [0.29, 0.717) is 11.3 Å². The van der Waals surface area contributed by atoms with E-state index in [0.717, 1.165) is 0 Å². The predicted octanol–water partition coefficient (Wildman–Crippen LogP) is 2.80. The molecule has 4 nitrogen and oxygen atoms in total. The van der Waals surface area contributed by atoms with Crippen LogP contribution in [-0.4, -0.2) is 17.4 Å². The Hall–Kier alpha value is -1.97. The molecule has 0 saturated carbocycles. The van der Waals surface area contributed by atoms with Gasteiger partial charge >= 0.3 is 0 Å². The summed E-state index contributed by atoms with van der Waals surface area (Å²) < 4.78 is 0. The van der Waals surface area contributed by atoms with Crippen molar-refractivity contribution < 1.29 is 9.59 Å². The lowest BCUT2D eigenvalue weighted by Crippen LogP contribution is -2.32. The number of hydrazone groups is 1. The molecule has 0 fully saturated rings. The summed E-state index contributed by atoms with van der Waals surface area (Å²) in [4.78, 5) is 23.5. The quantitative estimate of drug-likeness (QED) is 0.514. The van der Waals surface area contributed by atoms with E-state index in [9.17, 15) is 9.59 Å². The zero-order valence-corrected chi connectivity index (χ0v) is 11.9. The molecule has 0 aliphatic heterocycles. The molecule has 0 bridgehead atoms. The Morgan fingerprint density at radius 3 is 2.26 bits per heavy atom. The third-order valence-corrected chi connectivity index (χ3v) is 2.54. The number of benzene rings is 1. The van der Waals surface area contributed by atoms with Crippen molar-refractivity contribution in [1.82, 2.24) is 5.43 Å². The van der Waals surface area contributed by atoms with E-state index in [1.54, 1.807) is 19.1 Å². The standard InChI is InChI=1S/C15H20N2O2/c1-11(16-17-14(19)15(2,3)4)10-13(18)12-8-6-5-7-9-12/h5-9H,10H2,1-4H3,(H,17,19)/b16-11+. The van der Waals surface area contributed by atoms with Crippen LogP contribution in [0.15, 0.2) is 35.4 Å². The Morgan fingerprint density at radius 2 is 1.74 bits per heavy atom. The molecular formula is C15H20N2O2. The van der Waals surface area contributed by atoms with E-state index >= 15 is 0 Å². The van der Waals surface area contributed by atoms with Crippen molar-refractivity contribution >= 4 is 17.4 Å². The summed E-state index contributed by atoms with van der Waals surface area (Å²) in [5.74, 6) is -0.175. The van der Waals surface area contributed by atoms with Crippen LogP contribution in [0.25, 0.3) is 0 Å². The fourth-order valence-corrected chi connectivity index (χ4v) is 1.31. The Labute approximate surface area is 113 Å². The molecule has 0 saturated heterocycles. The molecule has 1 rings (SSSR count). The molecule has 0 aliphatic carbocycles. The summed E-state index contributed by atoms with van der Waals surface area (Å²) in [5, 5.41) is 3.95. The van der Waals surface area contributed by atoms with Crippen molar-refractivity contribution in [3.05, 3.63) is 35.9 Å². The number of Topliss-reactive ketones (excluding diaryl/α,β-unsaturated/α-hetero) is 1. The fraction of sp³-hybridized carbons (Fsp3) is 0.400. The van der Waals surface area contributed by atoms with Crippen LogP contribution >= 0.6 is 0 Å². The number of amides is 1. The van der Waals surface area contributed by atoms with Crippen molar-refractivity contribution in [3.8, 4) is 0 Å². The maximum absolute atomic E-state index is 11.9. The van der Waals surface area contributed by atoms with E-state index in [1.165, 1.54) is 0 Å². The minimum Gasteiger partial charge on any atom is -0.294 e. The van der Waals surface area contributed by atoms with Gasteiger partial charge in [-0.1, -0.05) is 51.1 Å². The summed E-state index contributed by atoms with van der Waals surface area (Å²) >= 11 is 0. The lowest BCUT2D eigenvalue weighted by Gasteiger charge is -2.15. The zero-order valence-electron chi connectivity index (χ0n) is 11.9. The van der Waals surface area contributed by atoms with Crippen molar-refractivity contribution in [2.24, 2.45) is 10.5 Å². The number of carbonyl (C=O) groups excluding carboxylic acids is 2. The van der Waals surface area contributed by atoms with Gasteiger partial charge in [-0.2, -0.15) is 5.10 Å². The Balaban J connectivity index is 2.58. The third-order valence-electron chi connectivity index (χ3n) is 2.54. The van der Waals surface area contributed by atoms with Crippen LogP contribution in [-0.2, 0) is 4.79 Å². The molecule has 1 N–H and O–H groups in total. The monoisotopic (exact) mass is 260 g/mol. The maximum Gasteiger partial charge on any atom is 0.245 e. The lowest BCUT2D eigenvalue weighted by molar-refractivity contribution is -0.128. The highest BCUT2D eigenvalue weighted by Crippen LogP contribution is 2.12. The summed E-state index contributed by atoms with van der Waals surface area (Å²) in [6.07, 6.45) is 0.203. The van der Waals surface area contributed by atoms with Crippen molar-refractivity contribution in [2.75, 3.05) is 0 Å². The first-order valence-corrected chi connectivity index (χ1v) is 6.22. The molecule has 1 aromatic rings. The van der Waals surface area contributed by atoms with Gasteiger partial charge in [0.2, 0.25) is 5.91 Å². The maximum atomic E-state index is 11.9. The van der Waals surface area contributed by atoms with Crippen LogP contribution in [0.2, 0.25) is 0 Å². The van der Waals surface area contributed by atoms with Gasteiger partial charge in [0.1, 0.15) is 0 Å². The van der Waals surface area contributed by atoms with Gasteiger partial charge in [0.25, 0.3) is 0 Å². The van der Waals surface area contributed by atoms with Gasteiger partial charge in [-0.05, 0) is 6.92 Å². The first kappa shape index (κ1) is 15.1. The van der Waals surface area contributed by atoms with Crippen LogP contribution < -0.4 is 5.43 Å². The molecule has 1 aromatic carbocycles. The second-order valence-electron chi connectivity index (χ2n) is 5.50. The van der Waals surface area contributed by atoms with Crippen LogP contribution in [0.5, 0.6) is 0 Å². The van der Waals surface area contributed by atoms with Crippen molar-refractivity contribution in [2.45, 2.75) is 34.1 Å². The normalized spacial score (nSPS) is 12.1. The zero-order chi connectivity index (χ0) is 14.5. The number of hydrogen-bond donors (Lipinski definition) is 1. The van der Waals surface area contributed by atoms with Gasteiger partial charge in [0.15, 0.2) is 5.78 Å². The van der Waals surface area contributed by atoms with E-state index in [-0.39, 0.29) is 18.1 Å². The average molecular weight is 260 g/mol. The molecule has 0 heterocycles. The summed E-state index contributed by atoms with van der Waals surface area (Å²) in [7, 11) is 0. The van der Waals surface area contributed by atoms with Gasteiger partial charge < -0.3 is 0 Å². The highest BCUT2D eigenvalue weighted by molar-refractivity contribution is 6.09. The number of nitrogens with one attached hydrogen (secondary N) is 1. The molecule has 102 valence electrons. The number of hydrogen-bond acceptors (Lipinski definition) is 3. The second-order valence-corrected chi connectivity index (χ2v) is 5.50. The highest BCUT2D eigenvalue weighted by atomic mass is 16.2. The van der Waals surface area contributed by atoms with Gasteiger partial charge in [0.05, 0.1) is 6.42 Å². The molecule has 19 heavy (non-hydrogen) atoms. The molecule has 0 unspecified atom stereocenters. The van der Waals surface area contributed by atoms with Crippen LogP contribution in [0.4, 0.5) is 0 Å². The molecular weight excluding hydrogens is 240 g/mol. The minimum absolute atomic E-state index is 0.00754. The summed E-state index contributed by atoms with van der Waals surface area (Å²) in [5.41, 5.74) is 3.22. The topological polar surface area (TPSA) is 58.5 Å². The summed E-state index contributed by atoms with van der Waals surface area (Å²) in [6.45, 7) is 7.15. The number of carbonyl (C=O) groups is 2. The van der Waals surface area contributed by atoms with Crippen molar-refractivity contribution in [3.63, 3.8) is 0 Å². The molecule has 0 aromatic heterocycles. The van der Waals surface area contributed by atoms with E-state index < -0.39 is 5.41 Å². The van der Waals surface area contributed by atoms with Crippen LogP contribution in [0, 0.1) is 5.41 Å². The Bertz CT molecular complexity index is 485. The van der Waals surface area contributed by atoms with Gasteiger partial charge in [-0.3, -0.25) is 9.59 Å². The summed E-state index contributed by atoms with van der Waals surface area (Å²) in [6, 6.07) is 9.04. The Kier molecular flexibility index (Phi) is 4.98. The molecule has 0 radical (unpaired) electrons. The molecule has 1 amide bonds. The van der Waals surface area contributed by atoms with Gasteiger partial charge in [-0.15, -0.1) is 0 Å². The number of nitrogens with zero attached hydrogens (tertiary/aromatic N) is 1. The van der Waals surface area contributed by atoms with Gasteiger partial charge in [-0.25, -0.2) is 5.43 Å². The van der Waals surface area contributed by atoms with Crippen LogP contribution in [0.1, 0.15) is 44.5 Å². The second kappa shape index (κ2) is 6.27. The molecule has 0 aliphatic rings. The molecule has 4 heteroatoms. The predicted molar refractivity (Wildman–Crippen MR) is 76.1 cm³/mol. The number of ketones is 1. The molecule has 0 spiro atoms. The number of rotatable bonds is 4. The first-order valence-electron chi connectivity index (χ1n) is 6.22. The van der Waals surface area contributed by atoms with E-state index in [2.05, 4.69) is 10.5 Å². The Morgan fingerprint density at radius 1 is 1.16 bits per heavy atom. The smallest absolute Gasteiger partial charge is 0.245 e. The fourth-order valence-electron chi connectivity index (χ4n) is 1.31. The van der Waals surface area contributed by atoms with Gasteiger partial charge in [0, 0.05) is 16.7 Å². The average Bonchev–Trinajstić information content (AvgIpc) is 2.35. The highest BCUT2D eigenvalue weighted by Gasteiger charge is 2.20. The lowest BCUT2D eigenvalue weighted by atomic mass is 9.96. The first-order chi connectivity index (χ1) is 8.80. The SMILES string of the molecule is C/C(CC(=O)c1ccccc1)=N\NC(=O)C(C)(C)C. The third kappa shape index (κ3) is 5.04. The van der Waals surface area contributed by atoms with Crippen LogP contribution in [0.3, 0.4) is 0 Å². The molecule has 0 atom stereocenters. The van der Waals surface area contributed by atoms with E-state index in [1.807, 2.05) is 39.0 Å². The largest absolute Gasteiger partial charge is 0.294 e. The minimum atomic E-state index is -0.493.